The molecule has 136 valence electrons. The molecule has 0 saturated heterocycles. The van der Waals surface area contributed by atoms with Gasteiger partial charge in [-0.2, -0.15) is 0 Å². The summed E-state index contributed by atoms with van der Waals surface area (Å²) in [5, 5.41) is 9.81. The molecule has 0 bridgehead atoms. The molecule has 0 fully saturated rings. The average Bonchev–Trinajstić information content (AvgIpc) is 2.38. The maximum absolute atomic E-state index is 9.81. The topological polar surface area (TPSA) is 29.5 Å². The third-order valence-corrected chi connectivity index (χ3v) is 3.71. The number of aliphatic hydroxyl groups is 1. The highest BCUT2D eigenvalue weighted by molar-refractivity contribution is 4.52. The fourth-order valence-corrected chi connectivity index (χ4v) is 2.60. The van der Waals surface area contributed by atoms with E-state index < -0.39 is 0 Å². The van der Waals surface area contributed by atoms with E-state index >= 15 is 0 Å². The highest BCUT2D eigenvalue weighted by atomic mass is 79.9. The summed E-state index contributed by atoms with van der Waals surface area (Å²) in [6.07, 6.45) is 13.1. The third kappa shape index (κ3) is 20.4. The predicted octanol–water partition coefficient (Wildman–Crippen LogP) is 0.995. The number of aliphatic hydroxyl groups excluding tert-OH is 1. The number of ether oxygens (including phenoxy) is 1. The lowest BCUT2D eigenvalue weighted by Crippen LogP contribution is -3.00. The third-order valence-electron chi connectivity index (χ3n) is 3.71. The van der Waals surface area contributed by atoms with Crippen molar-refractivity contribution in [1.29, 1.82) is 0 Å². The number of quaternary nitrogens is 1. The van der Waals surface area contributed by atoms with Gasteiger partial charge in [-0.25, -0.2) is 0 Å². The van der Waals surface area contributed by atoms with Crippen LogP contribution in [0.5, 0.6) is 0 Å². The Labute approximate surface area is 149 Å². The van der Waals surface area contributed by atoms with E-state index in [4.69, 9.17) is 4.74 Å². The van der Waals surface area contributed by atoms with E-state index in [-0.39, 0.29) is 23.1 Å². The summed E-state index contributed by atoms with van der Waals surface area (Å²) in [5.74, 6) is 0. The Hall–Kier alpha value is 0.360. The molecule has 0 aromatic rings. The summed E-state index contributed by atoms with van der Waals surface area (Å²) >= 11 is 0. The summed E-state index contributed by atoms with van der Waals surface area (Å²) < 4.78 is 6.33. The monoisotopic (exact) mass is 381 g/mol. The maximum atomic E-state index is 9.81. The van der Waals surface area contributed by atoms with Gasteiger partial charge in [0, 0.05) is 6.61 Å². The number of nitrogens with zero attached hydrogens (tertiary/aromatic N) is 1. The zero-order valence-corrected chi connectivity index (χ0v) is 17.0. The van der Waals surface area contributed by atoms with E-state index in [0.717, 1.165) is 24.1 Å². The first kappa shape index (κ1) is 24.6. The van der Waals surface area contributed by atoms with E-state index in [0.29, 0.717) is 6.61 Å². The molecule has 1 atom stereocenters. The first-order valence-corrected chi connectivity index (χ1v) is 9.02. The highest BCUT2D eigenvalue weighted by Gasteiger charge is 2.14. The van der Waals surface area contributed by atoms with Gasteiger partial charge in [-0.3, -0.25) is 0 Å². The van der Waals surface area contributed by atoms with Crippen LogP contribution in [-0.4, -0.2) is 56.6 Å². The van der Waals surface area contributed by atoms with Crippen molar-refractivity contribution in [2.24, 2.45) is 0 Å². The van der Waals surface area contributed by atoms with Crippen LogP contribution in [0.4, 0.5) is 0 Å². The number of halogens is 1. The van der Waals surface area contributed by atoms with Gasteiger partial charge in [0.1, 0.15) is 12.6 Å². The van der Waals surface area contributed by atoms with Crippen molar-refractivity contribution in [3.63, 3.8) is 0 Å². The number of rotatable bonds is 15. The Kier molecular flexibility index (Phi) is 18.2. The molecule has 0 amide bonds. The number of hydrogen-bond acceptors (Lipinski definition) is 2. The molecule has 1 unspecified atom stereocenters. The van der Waals surface area contributed by atoms with Gasteiger partial charge in [-0.05, 0) is 6.42 Å². The van der Waals surface area contributed by atoms with Gasteiger partial charge >= 0.3 is 0 Å². The van der Waals surface area contributed by atoms with Crippen LogP contribution in [0.25, 0.3) is 0 Å². The highest BCUT2D eigenvalue weighted by Crippen LogP contribution is 2.10. The fraction of sp³-hybridized carbons (Fsp3) is 1.00. The molecule has 0 radical (unpaired) electrons. The second-order valence-electron chi connectivity index (χ2n) is 7.38. The zero-order valence-electron chi connectivity index (χ0n) is 15.5. The van der Waals surface area contributed by atoms with Gasteiger partial charge in [0.05, 0.1) is 27.7 Å². The second kappa shape index (κ2) is 16.2. The molecule has 0 aliphatic heterocycles. The largest absolute Gasteiger partial charge is 1.00 e. The Morgan fingerprint density at radius 2 is 1.27 bits per heavy atom. The van der Waals surface area contributed by atoms with Crippen LogP contribution in [0, 0.1) is 0 Å². The first-order chi connectivity index (χ1) is 9.95. The van der Waals surface area contributed by atoms with Crippen molar-refractivity contribution in [3.05, 3.63) is 0 Å². The van der Waals surface area contributed by atoms with Crippen molar-refractivity contribution in [2.45, 2.75) is 77.2 Å². The minimum absolute atomic E-state index is 0. The molecule has 0 saturated carbocycles. The Bertz CT molecular complexity index is 220. The van der Waals surface area contributed by atoms with E-state index in [2.05, 4.69) is 28.1 Å². The van der Waals surface area contributed by atoms with Crippen molar-refractivity contribution < 1.29 is 31.3 Å². The molecular weight excluding hydrogens is 342 g/mol. The SMILES string of the molecule is CCCCCCCCCCCCOCC(O)C[N+](C)(C)C.[Br-]. The summed E-state index contributed by atoms with van der Waals surface area (Å²) in [4.78, 5) is 0. The standard InChI is InChI=1S/C18H40NO2.BrH/c1-5-6-7-8-9-10-11-12-13-14-15-21-17-18(20)16-19(2,3)4;/h18,20H,5-17H2,1-4H3;1H/q+1;/p-1. The minimum Gasteiger partial charge on any atom is -1.00 e. The van der Waals surface area contributed by atoms with Crippen LogP contribution in [0.1, 0.15) is 71.1 Å². The number of likely N-dealkylation sites (N-methyl/N-ethyl adjacent to an activating group) is 1. The van der Waals surface area contributed by atoms with Gasteiger partial charge < -0.3 is 31.3 Å². The van der Waals surface area contributed by atoms with E-state index in [1.165, 1.54) is 57.8 Å². The second-order valence-corrected chi connectivity index (χ2v) is 7.38. The lowest BCUT2D eigenvalue weighted by atomic mass is 10.1. The van der Waals surface area contributed by atoms with Crippen LogP contribution in [0.3, 0.4) is 0 Å². The Balaban J connectivity index is 0. The molecule has 0 aliphatic carbocycles. The first-order valence-electron chi connectivity index (χ1n) is 9.02. The molecule has 0 aromatic carbocycles. The average molecular weight is 382 g/mol. The lowest BCUT2D eigenvalue weighted by molar-refractivity contribution is -0.873. The van der Waals surface area contributed by atoms with Crippen LogP contribution in [-0.2, 0) is 4.74 Å². The van der Waals surface area contributed by atoms with Gasteiger partial charge in [-0.15, -0.1) is 0 Å². The van der Waals surface area contributed by atoms with Crippen molar-refractivity contribution in [3.8, 4) is 0 Å². The molecule has 4 heteroatoms. The molecular formula is C18H40BrNO2. The lowest BCUT2D eigenvalue weighted by Gasteiger charge is -2.26. The van der Waals surface area contributed by atoms with E-state index in [1.54, 1.807) is 0 Å². The molecule has 0 aromatic heterocycles. The molecule has 0 rings (SSSR count). The summed E-state index contributed by atoms with van der Waals surface area (Å²) in [6, 6.07) is 0. The zero-order chi connectivity index (χ0) is 16.0. The van der Waals surface area contributed by atoms with Gasteiger partial charge in [0.2, 0.25) is 0 Å². The van der Waals surface area contributed by atoms with Crippen LogP contribution >= 0.6 is 0 Å². The van der Waals surface area contributed by atoms with Crippen molar-refractivity contribution in [2.75, 3.05) is 40.9 Å². The molecule has 0 heterocycles. The molecule has 3 nitrogen and oxygen atoms in total. The van der Waals surface area contributed by atoms with Crippen LogP contribution in [0.2, 0.25) is 0 Å². The van der Waals surface area contributed by atoms with Gasteiger partial charge in [-0.1, -0.05) is 64.7 Å². The molecule has 1 N–H and O–H groups in total. The van der Waals surface area contributed by atoms with Gasteiger partial charge in [0.25, 0.3) is 0 Å². The van der Waals surface area contributed by atoms with E-state index in [9.17, 15) is 5.11 Å². The predicted molar refractivity (Wildman–Crippen MR) is 91.6 cm³/mol. The molecule has 0 aliphatic rings. The van der Waals surface area contributed by atoms with Gasteiger partial charge in [0.15, 0.2) is 0 Å². The van der Waals surface area contributed by atoms with E-state index in [1.807, 2.05) is 0 Å². The molecule has 22 heavy (non-hydrogen) atoms. The minimum atomic E-state index is -0.340. The van der Waals surface area contributed by atoms with Crippen LogP contribution < -0.4 is 17.0 Å². The summed E-state index contributed by atoms with van der Waals surface area (Å²) in [5.41, 5.74) is 0. The Morgan fingerprint density at radius 3 is 1.73 bits per heavy atom. The number of unbranched alkanes of at least 4 members (excludes halogenated alkanes) is 9. The van der Waals surface area contributed by atoms with Crippen molar-refractivity contribution in [1.82, 2.24) is 0 Å². The Morgan fingerprint density at radius 1 is 0.818 bits per heavy atom. The quantitative estimate of drug-likeness (QED) is 0.338. The van der Waals surface area contributed by atoms with Crippen LogP contribution in [0.15, 0.2) is 0 Å². The van der Waals surface area contributed by atoms with Crippen molar-refractivity contribution >= 4 is 0 Å². The normalized spacial score (nSPS) is 13.0. The fourth-order valence-electron chi connectivity index (χ4n) is 2.60. The summed E-state index contributed by atoms with van der Waals surface area (Å²) in [7, 11) is 6.27. The molecule has 0 spiro atoms. The smallest absolute Gasteiger partial charge is 0.126 e. The maximum Gasteiger partial charge on any atom is 0.126 e. The summed E-state index contributed by atoms with van der Waals surface area (Å²) in [6.45, 7) is 4.29. The number of hydrogen-bond donors (Lipinski definition) is 1.